The number of carbonyl (C=O) groups excluding carboxylic acids is 1. The molecule has 1 fully saturated rings. The highest BCUT2D eigenvalue weighted by molar-refractivity contribution is 5.92. The molecule has 1 aliphatic rings. The Labute approximate surface area is 191 Å². The summed E-state index contributed by atoms with van der Waals surface area (Å²) in [5.41, 5.74) is 5.10. The lowest BCUT2D eigenvalue weighted by Crippen LogP contribution is -2.35. The molecule has 5 rings (SSSR count). The van der Waals surface area contributed by atoms with E-state index in [2.05, 4.69) is 54.9 Å². The number of amides is 1. The number of aromatic nitrogens is 4. The fraction of sp³-hybridized carbons (Fsp3) is 0.250. The second-order valence-electron chi connectivity index (χ2n) is 7.84. The summed E-state index contributed by atoms with van der Waals surface area (Å²) in [5, 5.41) is 10.4. The van der Waals surface area contributed by atoms with E-state index in [0.29, 0.717) is 17.3 Å². The quantitative estimate of drug-likeness (QED) is 0.473. The molecule has 0 radical (unpaired) electrons. The largest absolute Gasteiger partial charge is 0.379 e. The van der Waals surface area contributed by atoms with Gasteiger partial charge in [0.2, 0.25) is 5.95 Å². The lowest BCUT2D eigenvalue weighted by Gasteiger charge is -2.26. The number of pyridine rings is 2. The molecule has 0 atom stereocenters. The van der Waals surface area contributed by atoms with Gasteiger partial charge in [-0.1, -0.05) is 30.3 Å². The highest BCUT2D eigenvalue weighted by Crippen LogP contribution is 2.23. The van der Waals surface area contributed by atoms with E-state index in [0.717, 1.165) is 49.8 Å². The molecule has 9 heteroatoms. The van der Waals surface area contributed by atoms with Gasteiger partial charge in [-0.3, -0.25) is 9.69 Å². The zero-order valence-corrected chi connectivity index (χ0v) is 18.4. The number of hydrogen-bond acceptors (Lipinski definition) is 7. The Morgan fingerprint density at radius 2 is 1.88 bits per heavy atom. The number of hydrogen-bond donors (Lipinski definition) is 2. The first kappa shape index (κ1) is 21.0. The molecule has 0 aliphatic carbocycles. The Bertz CT molecular complexity index is 1250. The van der Waals surface area contributed by atoms with Crippen LogP contribution in [0.3, 0.4) is 0 Å². The molecule has 0 spiro atoms. The molecule has 2 N–H and O–H groups in total. The number of morpholine rings is 1. The average molecular weight is 444 g/mol. The zero-order chi connectivity index (χ0) is 22.6. The molecule has 0 unspecified atom stereocenters. The maximum atomic E-state index is 11.7. The molecule has 33 heavy (non-hydrogen) atoms. The molecule has 1 aliphatic heterocycles. The summed E-state index contributed by atoms with van der Waals surface area (Å²) in [4.78, 5) is 22.8. The van der Waals surface area contributed by atoms with Crippen LogP contribution in [0.4, 0.5) is 11.6 Å². The number of nitrogens with zero attached hydrogens (tertiary/aromatic N) is 5. The van der Waals surface area contributed by atoms with Gasteiger partial charge >= 0.3 is 0 Å². The third kappa shape index (κ3) is 4.69. The molecular formula is C24H25N7O2. The van der Waals surface area contributed by atoms with Gasteiger partial charge in [-0.15, -0.1) is 5.10 Å². The van der Waals surface area contributed by atoms with Crippen LogP contribution in [0.15, 0.2) is 60.8 Å². The van der Waals surface area contributed by atoms with Gasteiger partial charge in [-0.2, -0.15) is 4.98 Å². The van der Waals surface area contributed by atoms with E-state index in [9.17, 15) is 4.79 Å². The monoisotopic (exact) mass is 443 g/mol. The van der Waals surface area contributed by atoms with Crippen molar-refractivity contribution < 1.29 is 9.53 Å². The van der Waals surface area contributed by atoms with Crippen LogP contribution in [0, 0.1) is 0 Å². The second kappa shape index (κ2) is 9.35. The fourth-order valence-corrected chi connectivity index (χ4v) is 3.83. The molecule has 9 nitrogen and oxygen atoms in total. The molecule has 3 aromatic heterocycles. The number of carbonyl (C=O) groups is 1. The van der Waals surface area contributed by atoms with Crippen LogP contribution in [0.2, 0.25) is 0 Å². The summed E-state index contributed by atoms with van der Waals surface area (Å²) in [6, 6.07) is 17.9. The fourth-order valence-electron chi connectivity index (χ4n) is 3.83. The molecule has 0 bridgehead atoms. The Kier molecular flexibility index (Phi) is 5.97. The van der Waals surface area contributed by atoms with Crippen LogP contribution < -0.4 is 10.6 Å². The molecule has 4 aromatic rings. The summed E-state index contributed by atoms with van der Waals surface area (Å²) in [6.07, 6.45) is 1.59. The van der Waals surface area contributed by atoms with Crippen molar-refractivity contribution in [2.24, 2.45) is 0 Å². The van der Waals surface area contributed by atoms with Crippen molar-refractivity contribution in [2.75, 3.05) is 38.7 Å². The van der Waals surface area contributed by atoms with Gasteiger partial charge in [0, 0.05) is 32.2 Å². The van der Waals surface area contributed by atoms with Gasteiger partial charge in [0.1, 0.15) is 5.69 Å². The third-order valence-corrected chi connectivity index (χ3v) is 5.60. The van der Waals surface area contributed by atoms with Crippen LogP contribution in [-0.2, 0) is 11.3 Å². The minimum atomic E-state index is -0.229. The van der Waals surface area contributed by atoms with Crippen molar-refractivity contribution in [1.29, 1.82) is 0 Å². The molecular weight excluding hydrogens is 418 g/mol. The topological polar surface area (TPSA) is 96.7 Å². The Balaban J connectivity index is 1.35. The van der Waals surface area contributed by atoms with Gasteiger partial charge in [0.25, 0.3) is 5.91 Å². The number of fused-ring (bicyclic) bond motifs is 1. The first-order chi connectivity index (χ1) is 16.2. The smallest absolute Gasteiger partial charge is 0.269 e. The molecule has 0 saturated carbocycles. The first-order valence-electron chi connectivity index (χ1n) is 10.9. The second-order valence-corrected chi connectivity index (χ2v) is 7.84. The predicted molar refractivity (Wildman–Crippen MR) is 125 cm³/mol. The van der Waals surface area contributed by atoms with Crippen LogP contribution in [0.1, 0.15) is 16.1 Å². The van der Waals surface area contributed by atoms with Crippen molar-refractivity contribution in [3.8, 4) is 11.3 Å². The number of anilines is 2. The van der Waals surface area contributed by atoms with Crippen molar-refractivity contribution in [2.45, 2.75) is 6.54 Å². The van der Waals surface area contributed by atoms with Crippen molar-refractivity contribution in [3.05, 3.63) is 72.1 Å². The van der Waals surface area contributed by atoms with E-state index >= 15 is 0 Å². The Morgan fingerprint density at radius 3 is 2.61 bits per heavy atom. The van der Waals surface area contributed by atoms with Crippen LogP contribution in [0.25, 0.3) is 16.9 Å². The van der Waals surface area contributed by atoms with Crippen LogP contribution >= 0.6 is 0 Å². The first-order valence-corrected chi connectivity index (χ1v) is 10.9. The van der Waals surface area contributed by atoms with Crippen molar-refractivity contribution in [1.82, 2.24) is 29.8 Å². The van der Waals surface area contributed by atoms with E-state index in [4.69, 9.17) is 4.74 Å². The zero-order valence-electron chi connectivity index (χ0n) is 18.4. The van der Waals surface area contributed by atoms with Gasteiger partial charge < -0.3 is 15.4 Å². The average Bonchev–Trinajstić information content (AvgIpc) is 3.28. The van der Waals surface area contributed by atoms with Crippen molar-refractivity contribution >= 4 is 23.2 Å². The minimum absolute atomic E-state index is 0.229. The van der Waals surface area contributed by atoms with Crippen molar-refractivity contribution in [3.63, 3.8) is 0 Å². The van der Waals surface area contributed by atoms with Crippen LogP contribution in [-0.4, -0.2) is 63.7 Å². The van der Waals surface area contributed by atoms with Gasteiger partial charge in [-0.25, -0.2) is 9.50 Å². The van der Waals surface area contributed by atoms with E-state index in [1.54, 1.807) is 25.4 Å². The van der Waals surface area contributed by atoms with Gasteiger partial charge in [0.05, 0.1) is 30.8 Å². The van der Waals surface area contributed by atoms with E-state index < -0.39 is 0 Å². The highest BCUT2D eigenvalue weighted by atomic mass is 16.5. The van der Waals surface area contributed by atoms with Gasteiger partial charge in [0.15, 0.2) is 5.65 Å². The standard InChI is InChI=1S/C24H25N7O2/c1-25-23(32)20-10-9-19(15-26-20)27-24-28-22-4-2-3-21(31(22)29-24)18-7-5-17(6-8-18)16-30-11-13-33-14-12-30/h2-10,15H,11-14,16H2,1H3,(H,25,32)(H,27,29). The summed E-state index contributed by atoms with van der Waals surface area (Å²) in [5.74, 6) is 0.230. The SMILES string of the molecule is CNC(=O)c1ccc(Nc2nc3cccc(-c4ccc(CN5CCOCC5)cc4)n3n2)cn1. The normalized spacial score (nSPS) is 14.3. The number of benzene rings is 1. The molecule has 1 aromatic carbocycles. The predicted octanol–water partition coefficient (Wildman–Crippen LogP) is 2.73. The van der Waals surface area contributed by atoms with E-state index in [-0.39, 0.29) is 5.91 Å². The van der Waals surface area contributed by atoms with E-state index in [1.807, 2.05) is 22.7 Å². The number of rotatable bonds is 6. The lowest BCUT2D eigenvalue weighted by atomic mass is 10.1. The Hall–Kier alpha value is -3.82. The molecule has 168 valence electrons. The minimum Gasteiger partial charge on any atom is -0.379 e. The Morgan fingerprint density at radius 1 is 1.06 bits per heavy atom. The summed E-state index contributed by atoms with van der Waals surface area (Å²) >= 11 is 0. The lowest BCUT2D eigenvalue weighted by molar-refractivity contribution is 0.0342. The van der Waals surface area contributed by atoms with Crippen LogP contribution in [0.5, 0.6) is 0 Å². The maximum absolute atomic E-state index is 11.7. The number of ether oxygens (including phenoxy) is 1. The summed E-state index contributed by atoms with van der Waals surface area (Å²) < 4.78 is 7.26. The highest BCUT2D eigenvalue weighted by Gasteiger charge is 2.12. The van der Waals surface area contributed by atoms with Gasteiger partial charge in [-0.05, 0) is 29.8 Å². The summed E-state index contributed by atoms with van der Waals surface area (Å²) in [7, 11) is 1.58. The molecule has 4 heterocycles. The molecule has 1 amide bonds. The number of nitrogens with one attached hydrogen (secondary N) is 2. The molecule has 1 saturated heterocycles. The third-order valence-electron chi connectivity index (χ3n) is 5.60. The maximum Gasteiger partial charge on any atom is 0.269 e. The summed E-state index contributed by atoms with van der Waals surface area (Å²) in [6.45, 7) is 4.48. The van der Waals surface area contributed by atoms with E-state index in [1.165, 1.54) is 5.56 Å².